The van der Waals surface area contributed by atoms with E-state index in [4.69, 9.17) is 4.74 Å². The summed E-state index contributed by atoms with van der Waals surface area (Å²) >= 11 is 1.55. The van der Waals surface area contributed by atoms with Crippen LogP contribution in [0.25, 0.3) is 0 Å². The van der Waals surface area contributed by atoms with Gasteiger partial charge in [-0.2, -0.15) is 16.4 Å². The highest BCUT2D eigenvalue weighted by Gasteiger charge is 2.31. The van der Waals surface area contributed by atoms with Crippen LogP contribution in [0.2, 0.25) is 0 Å². The summed E-state index contributed by atoms with van der Waals surface area (Å²) in [5.41, 5.74) is 3.08. The summed E-state index contributed by atoms with van der Waals surface area (Å²) in [6.45, 7) is 4.60. The number of aromatic nitrogens is 2. The first-order valence-corrected chi connectivity index (χ1v) is 8.05. The third-order valence-electron chi connectivity index (χ3n) is 3.83. The summed E-state index contributed by atoms with van der Waals surface area (Å²) in [6, 6.07) is 1.88. The molecule has 0 N–H and O–H groups in total. The van der Waals surface area contributed by atoms with Crippen molar-refractivity contribution in [3.8, 4) is 0 Å². The highest BCUT2D eigenvalue weighted by atomic mass is 32.1. The first kappa shape index (κ1) is 14.3. The van der Waals surface area contributed by atoms with Crippen molar-refractivity contribution in [1.82, 2.24) is 14.7 Å². The molecule has 0 unspecified atom stereocenters. The lowest BCUT2D eigenvalue weighted by Gasteiger charge is -2.33. The second-order valence-corrected chi connectivity index (χ2v) is 6.01. The van der Waals surface area contributed by atoms with Gasteiger partial charge in [0.2, 0.25) is 0 Å². The van der Waals surface area contributed by atoms with Crippen LogP contribution in [0.1, 0.15) is 34.5 Å². The van der Waals surface area contributed by atoms with Crippen molar-refractivity contribution in [1.29, 1.82) is 0 Å². The van der Waals surface area contributed by atoms with Gasteiger partial charge >= 0.3 is 0 Å². The zero-order valence-electron chi connectivity index (χ0n) is 12.3. The second kappa shape index (κ2) is 5.99. The monoisotopic (exact) mass is 305 g/mol. The fourth-order valence-electron chi connectivity index (χ4n) is 2.88. The van der Waals surface area contributed by atoms with E-state index in [0.717, 1.165) is 11.1 Å². The minimum atomic E-state index is 0.0900. The molecule has 112 valence electrons. The fraction of sp³-hybridized carbons (Fsp3) is 0.467. The maximum atomic E-state index is 12.6. The van der Waals surface area contributed by atoms with Crippen LogP contribution in [0, 0.1) is 0 Å². The van der Waals surface area contributed by atoms with E-state index < -0.39 is 0 Å². The summed E-state index contributed by atoms with van der Waals surface area (Å²) in [5.74, 6) is 0.274. The Kier molecular flexibility index (Phi) is 4.07. The molecule has 0 saturated heterocycles. The molecule has 1 aliphatic rings. The van der Waals surface area contributed by atoms with Crippen LogP contribution < -0.4 is 0 Å². The number of hydrogen-bond acceptors (Lipinski definition) is 4. The Balaban J connectivity index is 1.85. The first-order valence-electron chi connectivity index (χ1n) is 7.10. The number of rotatable bonds is 4. The van der Waals surface area contributed by atoms with Gasteiger partial charge in [-0.25, -0.2) is 0 Å². The molecule has 0 saturated carbocycles. The van der Waals surface area contributed by atoms with Crippen LogP contribution in [-0.4, -0.2) is 40.3 Å². The van der Waals surface area contributed by atoms with Crippen molar-refractivity contribution >= 4 is 17.2 Å². The van der Waals surface area contributed by atoms with Gasteiger partial charge in [0.1, 0.15) is 0 Å². The topological polar surface area (TPSA) is 47.4 Å². The van der Waals surface area contributed by atoms with E-state index in [1.807, 2.05) is 46.6 Å². The summed E-state index contributed by atoms with van der Waals surface area (Å²) in [5, 5.41) is 8.17. The summed E-state index contributed by atoms with van der Waals surface area (Å²) in [4.78, 5) is 14.5. The average molecular weight is 305 g/mol. The molecule has 3 heterocycles. The lowest BCUT2D eigenvalue weighted by molar-refractivity contribution is 0.0648. The molecule has 0 fully saturated rings. The van der Waals surface area contributed by atoms with Crippen molar-refractivity contribution < 1.29 is 9.53 Å². The number of amides is 1. The molecule has 2 aromatic heterocycles. The van der Waals surface area contributed by atoms with E-state index in [2.05, 4.69) is 5.10 Å². The third kappa shape index (κ3) is 2.73. The maximum Gasteiger partial charge on any atom is 0.255 e. The number of aryl methyl sites for hydroxylation is 1. The number of carbonyl (C=O) groups is 1. The Labute approximate surface area is 128 Å². The van der Waals surface area contributed by atoms with E-state index in [0.29, 0.717) is 26.3 Å². The van der Waals surface area contributed by atoms with Gasteiger partial charge < -0.3 is 9.64 Å². The highest BCUT2D eigenvalue weighted by molar-refractivity contribution is 7.08. The third-order valence-corrected chi connectivity index (χ3v) is 4.51. The minimum Gasteiger partial charge on any atom is -0.381 e. The minimum absolute atomic E-state index is 0.0900. The van der Waals surface area contributed by atoms with E-state index >= 15 is 0 Å². The molecule has 3 rings (SSSR count). The number of nitrogens with zero attached hydrogens (tertiary/aromatic N) is 3. The van der Waals surface area contributed by atoms with Gasteiger partial charge in [0.15, 0.2) is 0 Å². The van der Waals surface area contributed by atoms with Gasteiger partial charge in [0, 0.05) is 43.6 Å². The number of fused-ring (bicyclic) bond motifs is 1. The number of carbonyl (C=O) groups excluding carboxylic acids is 1. The van der Waals surface area contributed by atoms with E-state index in [1.54, 1.807) is 11.3 Å². The highest BCUT2D eigenvalue weighted by Crippen LogP contribution is 2.29. The number of thiophene rings is 1. The molecular formula is C15H19N3O2S. The maximum absolute atomic E-state index is 12.6. The normalized spacial score (nSPS) is 17.8. The Bertz CT molecular complexity index is 621. The molecule has 0 aromatic carbocycles. The van der Waals surface area contributed by atoms with Gasteiger partial charge in [-0.1, -0.05) is 0 Å². The molecule has 0 aliphatic carbocycles. The number of hydrogen-bond donors (Lipinski definition) is 0. The van der Waals surface area contributed by atoms with Gasteiger partial charge in [-0.05, 0) is 18.4 Å². The smallest absolute Gasteiger partial charge is 0.255 e. The quantitative estimate of drug-likeness (QED) is 0.870. The lowest BCUT2D eigenvalue weighted by Crippen LogP contribution is -2.39. The summed E-state index contributed by atoms with van der Waals surface area (Å²) in [7, 11) is 1.95. The van der Waals surface area contributed by atoms with Crippen molar-refractivity contribution in [3.63, 3.8) is 0 Å². The zero-order valence-corrected chi connectivity index (χ0v) is 13.1. The van der Waals surface area contributed by atoms with Gasteiger partial charge in [-0.15, -0.1) is 0 Å². The van der Waals surface area contributed by atoms with E-state index in [9.17, 15) is 4.79 Å². The van der Waals surface area contributed by atoms with Crippen LogP contribution in [0.15, 0.2) is 23.0 Å². The second-order valence-electron chi connectivity index (χ2n) is 5.23. The molecule has 1 amide bonds. The van der Waals surface area contributed by atoms with E-state index in [1.165, 1.54) is 5.69 Å². The molecule has 0 radical (unpaired) electrons. The van der Waals surface area contributed by atoms with Crippen molar-refractivity contribution in [2.24, 2.45) is 7.05 Å². The van der Waals surface area contributed by atoms with Crippen LogP contribution in [0.3, 0.4) is 0 Å². The van der Waals surface area contributed by atoms with Crippen LogP contribution in [-0.2, 0) is 18.3 Å². The van der Waals surface area contributed by atoms with Gasteiger partial charge in [0.05, 0.1) is 24.1 Å². The van der Waals surface area contributed by atoms with Gasteiger partial charge in [-0.3, -0.25) is 9.48 Å². The molecule has 1 aliphatic heterocycles. The standard InChI is InChI=1S/C15H19N3O2S/c1-3-20-9-13-8-18(15(19)11-4-5-21-10-11)7-12-6-16-17(2)14(12)13/h4-6,10,13H,3,7-9H2,1-2H3/t13-/m1/s1. The molecule has 6 heteroatoms. The van der Waals surface area contributed by atoms with Crippen molar-refractivity contribution in [2.75, 3.05) is 19.8 Å². The van der Waals surface area contributed by atoms with Crippen LogP contribution in [0.4, 0.5) is 0 Å². The van der Waals surface area contributed by atoms with E-state index in [-0.39, 0.29) is 11.8 Å². The molecule has 21 heavy (non-hydrogen) atoms. The molecule has 5 nitrogen and oxygen atoms in total. The number of ether oxygens (including phenoxy) is 1. The van der Waals surface area contributed by atoms with Crippen LogP contribution in [0.5, 0.6) is 0 Å². The lowest BCUT2D eigenvalue weighted by atomic mass is 9.96. The summed E-state index contributed by atoms with van der Waals surface area (Å²) in [6.07, 6.45) is 1.86. The molecule has 0 bridgehead atoms. The molecule has 1 atom stereocenters. The largest absolute Gasteiger partial charge is 0.381 e. The van der Waals surface area contributed by atoms with Crippen LogP contribution >= 0.6 is 11.3 Å². The molecular weight excluding hydrogens is 286 g/mol. The fourth-order valence-corrected chi connectivity index (χ4v) is 3.51. The predicted octanol–water partition coefficient (Wildman–Crippen LogP) is 2.26. The Morgan fingerprint density at radius 1 is 1.57 bits per heavy atom. The molecule has 0 spiro atoms. The SMILES string of the molecule is CCOC[C@H]1CN(C(=O)c2ccsc2)Cc2cnn(C)c21. The first-order chi connectivity index (χ1) is 10.2. The van der Waals surface area contributed by atoms with Crippen molar-refractivity contribution in [2.45, 2.75) is 19.4 Å². The molecule has 2 aromatic rings. The average Bonchev–Trinajstić information content (AvgIpc) is 3.14. The Hall–Kier alpha value is -1.66. The van der Waals surface area contributed by atoms with Crippen molar-refractivity contribution in [3.05, 3.63) is 39.8 Å². The zero-order chi connectivity index (χ0) is 14.8. The predicted molar refractivity (Wildman–Crippen MR) is 81.5 cm³/mol. The summed E-state index contributed by atoms with van der Waals surface area (Å²) < 4.78 is 7.50. The Morgan fingerprint density at radius 3 is 3.14 bits per heavy atom. The van der Waals surface area contributed by atoms with Gasteiger partial charge in [0.25, 0.3) is 5.91 Å². The Morgan fingerprint density at radius 2 is 2.43 bits per heavy atom.